The third-order valence-corrected chi connectivity index (χ3v) is 9.68. The van der Waals surface area contributed by atoms with E-state index in [1.807, 2.05) is 0 Å². The minimum absolute atomic E-state index is 1.17. The van der Waals surface area contributed by atoms with Crippen LogP contribution < -0.4 is 0 Å². The van der Waals surface area contributed by atoms with E-state index in [-0.39, 0.29) is 0 Å². The highest BCUT2D eigenvalue weighted by Gasteiger charge is 2.22. The van der Waals surface area contributed by atoms with Gasteiger partial charge < -0.3 is 9.13 Å². The molecule has 2 heteroatoms. The van der Waals surface area contributed by atoms with Crippen LogP contribution in [0.1, 0.15) is 0 Å². The minimum atomic E-state index is 1.17. The van der Waals surface area contributed by atoms with Crippen molar-refractivity contribution in [2.24, 2.45) is 0 Å². The molecule has 0 aliphatic heterocycles. The average Bonchev–Trinajstić information content (AvgIpc) is 3.64. The van der Waals surface area contributed by atoms with Gasteiger partial charge in [-0.3, -0.25) is 0 Å². The van der Waals surface area contributed by atoms with Crippen LogP contribution in [0.15, 0.2) is 170 Å². The van der Waals surface area contributed by atoms with Gasteiger partial charge in [-0.15, -0.1) is 0 Å². The van der Waals surface area contributed by atoms with Gasteiger partial charge in [0.2, 0.25) is 0 Å². The molecule has 8 aromatic carbocycles. The quantitative estimate of drug-likeness (QED) is 0.195. The number of hydrogen-bond acceptors (Lipinski definition) is 0. The molecule has 0 fully saturated rings. The fraction of sp³-hybridized carbons (Fsp3) is 0. The summed E-state index contributed by atoms with van der Waals surface area (Å²) in [5, 5.41) is 9.99. The maximum Gasteiger partial charge on any atom is 0.0789 e. The SMILES string of the molecule is c1ccc(-n2c3ccccc3c3ccc4c5ccccc5n(-c5cccc6ccccc56)c4c32)c(-c2ccc3ccccc3c2)c1. The number of nitrogens with zero attached hydrogens (tertiary/aromatic N) is 2. The fourth-order valence-electron chi connectivity index (χ4n) is 7.67. The van der Waals surface area contributed by atoms with Gasteiger partial charge in [0, 0.05) is 32.5 Å². The first-order valence-electron chi connectivity index (χ1n) is 15.9. The van der Waals surface area contributed by atoms with E-state index < -0.39 is 0 Å². The largest absolute Gasteiger partial charge is 0.307 e. The Labute approximate surface area is 266 Å². The number of rotatable bonds is 3. The van der Waals surface area contributed by atoms with Crippen molar-refractivity contribution in [1.82, 2.24) is 9.13 Å². The maximum absolute atomic E-state index is 2.51. The highest BCUT2D eigenvalue weighted by Crippen LogP contribution is 2.44. The molecule has 0 saturated heterocycles. The molecule has 10 rings (SSSR count). The average molecular weight is 585 g/mol. The smallest absolute Gasteiger partial charge is 0.0789 e. The van der Waals surface area contributed by atoms with Crippen molar-refractivity contribution in [3.8, 4) is 22.5 Å². The van der Waals surface area contributed by atoms with Crippen molar-refractivity contribution < 1.29 is 0 Å². The summed E-state index contributed by atoms with van der Waals surface area (Å²) in [5.74, 6) is 0. The van der Waals surface area contributed by atoms with Crippen LogP contribution in [0.3, 0.4) is 0 Å². The van der Waals surface area contributed by atoms with Gasteiger partial charge in [-0.05, 0) is 52.1 Å². The van der Waals surface area contributed by atoms with Crippen molar-refractivity contribution in [3.05, 3.63) is 170 Å². The minimum Gasteiger partial charge on any atom is -0.307 e. The summed E-state index contributed by atoms with van der Waals surface area (Å²) >= 11 is 0. The molecule has 214 valence electrons. The highest BCUT2D eigenvalue weighted by molar-refractivity contribution is 6.24. The Kier molecular flexibility index (Phi) is 5.31. The van der Waals surface area contributed by atoms with E-state index in [1.165, 1.54) is 87.7 Å². The Bertz CT molecular complexity index is 2810. The van der Waals surface area contributed by atoms with Gasteiger partial charge in [0.25, 0.3) is 0 Å². The van der Waals surface area contributed by atoms with E-state index in [0.29, 0.717) is 0 Å². The molecule has 0 spiro atoms. The number of benzene rings is 8. The van der Waals surface area contributed by atoms with Crippen molar-refractivity contribution in [2.75, 3.05) is 0 Å². The molecule has 10 aromatic rings. The lowest BCUT2D eigenvalue weighted by Gasteiger charge is -2.17. The molecule has 0 aliphatic rings. The topological polar surface area (TPSA) is 9.86 Å². The summed E-state index contributed by atoms with van der Waals surface area (Å²) in [6.07, 6.45) is 0. The molecule has 0 aliphatic carbocycles. The lowest BCUT2D eigenvalue weighted by Crippen LogP contribution is -2.00. The number of fused-ring (bicyclic) bond motifs is 9. The molecule has 0 radical (unpaired) electrons. The summed E-state index contributed by atoms with van der Waals surface area (Å²) in [7, 11) is 0. The van der Waals surface area contributed by atoms with Gasteiger partial charge in [-0.1, -0.05) is 140 Å². The zero-order valence-corrected chi connectivity index (χ0v) is 25.1. The van der Waals surface area contributed by atoms with Crippen LogP contribution >= 0.6 is 0 Å². The van der Waals surface area contributed by atoms with Gasteiger partial charge in [0.1, 0.15) is 0 Å². The predicted octanol–water partition coefficient (Wildman–Crippen LogP) is 11.9. The summed E-state index contributed by atoms with van der Waals surface area (Å²) in [6.45, 7) is 0. The lowest BCUT2D eigenvalue weighted by atomic mass is 9.99. The van der Waals surface area contributed by atoms with Crippen LogP contribution in [0.4, 0.5) is 0 Å². The van der Waals surface area contributed by atoms with Crippen LogP contribution in [-0.2, 0) is 0 Å². The molecule has 0 unspecified atom stereocenters. The van der Waals surface area contributed by atoms with Crippen LogP contribution in [0.2, 0.25) is 0 Å². The Hall–Kier alpha value is -6.12. The van der Waals surface area contributed by atoms with Gasteiger partial charge in [-0.25, -0.2) is 0 Å². The summed E-state index contributed by atoms with van der Waals surface area (Å²) < 4.78 is 5.02. The summed E-state index contributed by atoms with van der Waals surface area (Å²) in [6, 6.07) is 62.0. The Morgan fingerprint density at radius 3 is 1.57 bits per heavy atom. The molecule has 2 aromatic heterocycles. The second-order valence-electron chi connectivity index (χ2n) is 12.1. The predicted molar refractivity (Wildman–Crippen MR) is 196 cm³/mol. The fourth-order valence-corrected chi connectivity index (χ4v) is 7.67. The van der Waals surface area contributed by atoms with Crippen molar-refractivity contribution in [2.45, 2.75) is 0 Å². The zero-order valence-electron chi connectivity index (χ0n) is 25.1. The third kappa shape index (κ3) is 3.53. The Balaban J connectivity index is 1.40. The molecule has 46 heavy (non-hydrogen) atoms. The zero-order chi connectivity index (χ0) is 30.2. The first kappa shape index (κ1) is 25.2. The van der Waals surface area contributed by atoms with Crippen LogP contribution in [0.25, 0.3) is 87.7 Å². The van der Waals surface area contributed by atoms with Crippen LogP contribution in [0.5, 0.6) is 0 Å². The van der Waals surface area contributed by atoms with Gasteiger partial charge in [0.05, 0.1) is 33.4 Å². The van der Waals surface area contributed by atoms with E-state index in [1.54, 1.807) is 0 Å². The maximum atomic E-state index is 2.51. The second-order valence-corrected chi connectivity index (χ2v) is 12.1. The molecule has 0 N–H and O–H groups in total. The number of hydrogen-bond donors (Lipinski definition) is 0. The van der Waals surface area contributed by atoms with Gasteiger partial charge >= 0.3 is 0 Å². The standard InChI is InChI=1S/C44H28N2/c1-2-14-31-28-32(25-24-29(31)12-1)34-17-5-8-20-39(34)45-41-21-9-6-18-35(41)37-26-27-38-36-19-7-10-22-42(36)46(44(38)43(37)45)40-23-11-15-30-13-3-4-16-33(30)40/h1-28H. The van der Waals surface area contributed by atoms with E-state index in [4.69, 9.17) is 0 Å². The van der Waals surface area contributed by atoms with E-state index in [2.05, 4.69) is 179 Å². The molecule has 2 heterocycles. The van der Waals surface area contributed by atoms with Gasteiger partial charge in [-0.2, -0.15) is 0 Å². The van der Waals surface area contributed by atoms with Crippen LogP contribution in [0, 0.1) is 0 Å². The molecule has 0 saturated carbocycles. The van der Waals surface area contributed by atoms with Crippen molar-refractivity contribution in [1.29, 1.82) is 0 Å². The third-order valence-electron chi connectivity index (χ3n) is 9.68. The summed E-state index contributed by atoms with van der Waals surface area (Å²) in [5.41, 5.74) is 9.63. The highest BCUT2D eigenvalue weighted by atomic mass is 15.0. The summed E-state index contributed by atoms with van der Waals surface area (Å²) in [4.78, 5) is 0. The lowest BCUT2D eigenvalue weighted by molar-refractivity contribution is 1.16. The first-order valence-corrected chi connectivity index (χ1v) is 15.9. The number of aromatic nitrogens is 2. The molecule has 0 atom stereocenters. The molecule has 2 nitrogen and oxygen atoms in total. The van der Waals surface area contributed by atoms with E-state index in [9.17, 15) is 0 Å². The normalized spacial score (nSPS) is 11.9. The number of para-hydroxylation sites is 3. The Morgan fingerprint density at radius 2 is 0.826 bits per heavy atom. The van der Waals surface area contributed by atoms with Crippen LogP contribution in [-0.4, -0.2) is 9.13 Å². The molecule has 0 bridgehead atoms. The first-order chi connectivity index (χ1) is 22.8. The van der Waals surface area contributed by atoms with Crippen molar-refractivity contribution in [3.63, 3.8) is 0 Å². The molecular weight excluding hydrogens is 556 g/mol. The Morgan fingerprint density at radius 1 is 0.304 bits per heavy atom. The van der Waals surface area contributed by atoms with E-state index in [0.717, 1.165) is 0 Å². The molecular formula is C44H28N2. The van der Waals surface area contributed by atoms with Crippen molar-refractivity contribution >= 4 is 65.2 Å². The monoisotopic (exact) mass is 584 g/mol. The molecule has 0 amide bonds. The van der Waals surface area contributed by atoms with Gasteiger partial charge in [0.15, 0.2) is 0 Å². The second kappa shape index (κ2) is 9.69. The van der Waals surface area contributed by atoms with E-state index >= 15 is 0 Å².